The molecule has 3 N–H and O–H groups in total. The fourth-order valence-corrected chi connectivity index (χ4v) is 3.39. The molecule has 0 heterocycles. The number of hydrogen-bond donors (Lipinski definition) is 2. The van der Waals surface area contributed by atoms with E-state index in [2.05, 4.69) is 16.9 Å². The average molecular weight is 477 g/mol. The molecule has 3 aromatic carbocycles. The number of amidine groups is 1. The van der Waals surface area contributed by atoms with Gasteiger partial charge in [0.15, 0.2) is 0 Å². The minimum absolute atomic E-state index is 0.0416. The van der Waals surface area contributed by atoms with Crippen molar-refractivity contribution in [3.05, 3.63) is 107 Å². The number of halogens is 6. The third-order valence-electron chi connectivity index (χ3n) is 5.09. The van der Waals surface area contributed by atoms with E-state index in [-0.39, 0.29) is 23.6 Å². The van der Waals surface area contributed by atoms with Crippen molar-refractivity contribution in [3.8, 4) is 0 Å². The SMILES string of the molecule is C=C(NC(=NCc1ccccc1C(F)(F)F)c1ccccc1N)c1ccc(C(F)(F)F)cc1C. The van der Waals surface area contributed by atoms with Crippen LogP contribution < -0.4 is 11.1 Å². The van der Waals surface area contributed by atoms with Gasteiger partial charge in [0.25, 0.3) is 0 Å². The van der Waals surface area contributed by atoms with Gasteiger partial charge >= 0.3 is 12.4 Å². The summed E-state index contributed by atoms with van der Waals surface area (Å²) in [6.45, 7) is 5.08. The molecule has 9 heteroatoms. The Balaban J connectivity index is 1.98. The number of nitrogens with zero attached hydrogens (tertiary/aromatic N) is 1. The Bertz CT molecular complexity index is 1230. The van der Waals surface area contributed by atoms with Crippen molar-refractivity contribution in [3.63, 3.8) is 0 Å². The van der Waals surface area contributed by atoms with E-state index in [1.807, 2.05) is 0 Å². The number of benzene rings is 3. The summed E-state index contributed by atoms with van der Waals surface area (Å²) in [7, 11) is 0. The molecule has 0 amide bonds. The lowest BCUT2D eigenvalue weighted by Crippen LogP contribution is -2.24. The summed E-state index contributed by atoms with van der Waals surface area (Å²) in [6.07, 6.45) is -9.04. The van der Waals surface area contributed by atoms with E-state index in [1.165, 1.54) is 31.2 Å². The number of para-hydroxylation sites is 1. The standard InChI is InChI=1S/C25H21F6N3/c1-15-13-18(24(26,27)28)11-12-19(15)16(2)34-23(20-8-4-6-10-22(20)32)33-14-17-7-3-5-9-21(17)25(29,30)31/h3-13H,2,14,32H2,1H3,(H,33,34). The normalized spacial score (nSPS) is 12.5. The molecule has 3 aromatic rings. The van der Waals surface area contributed by atoms with Gasteiger partial charge in [0.05, 0.1) is 17.7 Å². The molecule has 0 aromatic heterocycles. The molecule has 0 saturated heterocycles. The maximum atomic E-state index is 13.4. The van der Waals surface area contributed by atoms with Crippen molar-refractivity contribution in [2.75, 3.05) is 5.73 Å². The molecule has 0 aliphatic heterocycles. The van der Waals surface area contributed by atoms with Crippen LogP contribution in [0, 0.1) is 6.92 Å². The van der Waals surface area contributed by atoms with Gasteiger partial charge in [0.2, 0.25) is 0 Å². The molecule has 0 bridgehead atoms. The third kappa shape index (κ3) is 5.78. The molecule has 0 atom stereocenters. The zero-order valence-electron chi connectivity index (χ0n) is 18.1. The molecule has 0 radical (unpaired) electrons. The number of anilines is 1. The van der Waals surface area contributed by atoms with Crippen molar-refractivity contribution in [1.29, 1.82) is 0 Å². The van der Waals surface area contributed by atoms with Crippen LogP contribution in [-0.4, -0.2) is 5.84 Å². The summed E-state index contributed by atoms with van der Waals surface area (Å²) >= 11 is 0. The Morgan fingerprint density at radius 1 is 0.882 bits per heavy atom. The van der Waals surface area contributed by atoms with Crippen LogP contribution in [0.3, 0.4) is 0 Å². The van der Waals surface area contributed by atoms with Gasteiger partial charge in [0, 0.05) is 22.5 Å². The lowest BCUT2D eigenvalue weighted by atomic mass is 10.0. The van der Waals surface area contributed by atoms with E-state index < -0.39 is 23.5 Å². The van der Waals surface area contributed by atoms with Gasteiger partial charge in [-0.3, -0.25) is 4.99 Å². The Kier molecular flexibility index (Phi) is 7.04. The first-order chi connectivity index (χ1) is 15.9. The van der Waals surface area contributed by atoms with Gasteiger partial charge in [0.1, 0.15) is 5.84 Å². The summed E-state index contributed by atoms with van der Waals surface area (Å²) in [5.41, 5.74) is 6.05. The average Bonchev–Trinajstić information content (AvgIpc) is 2.76. The topological polar surface area (TPSA) is 50.4 Å². The first-order valence-electron chi connectivity index (χ1n) is 10.1. The van der Waals surface area contributed by atoms with E-state index in [0.717, 1.165) is 18.2 Å². The van der Waals surface area contributed by atoms with E-state index >= 15 is 0 Å². The monoisotopic (exact) mass is 477 g/mol. The fourth-order valence-electron chi connectivity index (χ4n) is 3.39. The van der Waals surface area contributed by atoms with Crippen molar-refractivity contribution in [2.24, 2.45) is 4.99 Å². The zero-order valence-corrected chi connectivity index (χ0v) is 18.1. The second-order valence-electron chi connectivity index (χ2n) is 7.54. The summed E-state index contributed by atoms with van der Waals surface area (Å²) < 4.78 is 79.1. The molecule has 0 aliphatic carbocycles. The van der Waals surface area contributed by atoms with E-state index in [1.54, 1.807) is 24.3 Å². The van der Waals surface area contributed by atoms with Gasteiger partial charge in [-0.15, -0.1) is 0 Å². The van der Waals surface area contributed by atoms with Gasteiger partial charge in [-0.25, -0.2) is 0 Å². The minimum atomic E-state index is -4.55. The Morgan fingerprint density at radius 3 is 2.15 bits per heavy atom. The van der Waals surface area contributed by atoms with Crippen LogP contribution in [-0.2, 0) is 18.9 Å². The highest BCUT2D eigenvalue weighted by molar-refractivity contribution is 6.06. The van der Waals surface area contributed by atoms with Crippen molar-refractivity contribution >= 4 is 17.2 Å². The molecule has 178 valence electrons. The molecule has 0 aliphatic rings. The molecule has 0 spiro atoms. The van der Waals surface area contributed by atoms with Gasteiger partial charge in [-0.05, 0) is 48.4 Å². The van der Waals surface area contributed by atoms with Crippen LogP contribution in [0.1, 0.15) is 33.4 Å². The lowest BCUT2D eigenvalue weighted by Gasteiger charge is -2.18. The second-order valence-corrected chi connectivity index (χ2v) is 7.54. The smallest absolute Gasteiger partial charge is 0.398 e. The van der Waals surface area contributed by atoms with Crippen LogP contribution in [0.25, 0.3) is 5.70 Å². The number of alkyl halides is 6. The number of aryl methyl sites for hydroxylation is 1. The van der Waals surface area contributed by atoms with E-state index in [9.17, 15) is 26.3 Å². The molecule has 0 saturated carbocycles. The van der Waals surface area contributed by atoms with Crippen molar-refractivity contribution in [2.45, 2.75) is 25.8 Å². The maximum absolute atomic E-state index is 13.4. The first-order valence-corrected chi connectivity index (χ1v) is 10.1. The maximum Gasteiger partial charge on any atom is 0.416 e. The number of aliphatic imine (C=N–C) groups is 1. The quantitative estimate of drug-likeness (QED) is 0.183. The summed E-state index contributed by atoms with van der Waals surface area (Å²) in [6, 6.07) is 14.9. The fraction of sp³-hybridized carbons (Fsp3) is 0.160. The van der Waals surface area contributed by atoms with E-state index in [0.29, 0.717) is 22.4 Å². The predicted octanol–water partition coefficient (Wildman–Crippen LogP) is 6.82. The highest BCUT2D eigenvalue weighted by atomic mass is 19.4. The number of nitrogen functional groups attached to an aromatic ring is 1. The van der Waals surface area contributed by atoms with E-state index in [4.69, 9.17) is 5.73 Å². The Hall–Kier alpha value is -3.75. The van der Waals surface area contributed by atoms with Crippen LogP contribution in [0.15, 0.2) is 78.3 Å². The number of hydrogen-bond acceptors (Lipinski definition) is 2. The highest BCUT2D eigenvalue weighted by Gasteiger charge is 2.33. The van der Waals surface area contributed by atoms with Gasteiger partial charge in [-0.2, -0.15) is 26.3 Å². The summed E-state index contributed by atoms with van der Waals surface area (Å²) in [5.74, 6) is 0.138. The van der Waals surface area contributed by atoms with Gasteiger partial charge in [-0.1, -0.05) is 43.0 Å². The molecule has 3 nitrogen and oxygen atoms in total. The molecular formula is C25H21F6N3. The molecule has 0 unspecified atom stereocenters. The third-order valence-corrected chi connectivity index (χ3v) is 5.09. The van der Waals surface area contributed by atoms with Crippen molar-refractivity contribution < 1.29 is 26.3 Å². The predicted molar refractivity (Wildman–Crippen MR) is 121 cm³/mol. The van der Waals surface area contributed by atoms with Crippen LogP contribution in [0.2, 0.25) is 0 Å². The zero-order chi connectivity index (χ0) is 25.1. The number of nitrogens with one attached hydrogen (secondary N) is 1. The lowest BCUT2D eigenvalue weighted by molar-refractivity contribution is -0.138. The number of rotatable bonds is 5. The van der Waals surface area contributed by atoms with Crippen molar-refractivity contribution in [1.82, 2.24) is 5.32 Å². The van der Waals surface area contributed by atoms with Crippen LogP contribution >= 0.6 is 0 Å². The van der Waals surface area contributed by atoms with Gasteiger partial charge < -0.3 is 11.1 Å². The second kappa shape index (κ2) is 9.62. The van der Waals surface area contributed by atoms with Crippen LogP contribution in [0.4, 0.5) is 32.0 Å². The molecule has 34 heavy (non-hydrogen) atoms. The summed E-state index contributed by atoms with van der Waals surface area (Å²) in [4.78, 5) is 4.34. The molecule has 0 fully saturated rings. The number of nitrogens with two attached hydrogens (primary N) is 1. The largest absolute Gasteiger partial charge is 0.416 e. The Morgan fingerprint density at radius 2 is 1.53 bits per heavy atom. The highest BCUT2D eigenvalue weighted by Crippen LogP contribution is 2.33. The minimum Gasteiger partial charge on any atom is -0.398 e. The Labute approximate surface area is 192 Å². The van der Waals surface area contributed by atoms with Crippen LogP contribution in [0.5, 0.6) is 0 Å². The first kappa shape index (κ1) is 24.9. The molecular weight excluding hydrogens is 456 g/mol. The molecule has 3 rings (SSSR count). The summed E-state index contributed by atoms with van der Waals surface area (Å²) in [5, 5.41) is 2.93.